The highest BCUT2D eigenvalue weighted by Gasteiger charge is 2.37. The third-order valence-electron chi connectivity index (χ3n) is 2.90. The van der Waals surface area contributed by atoms with Gasteiger partial charge in [-0.05, 0) is 16.7 Å². The highest BCUT2D eigenvalue weighted by atomic mass is 79.9. The summed E-state index contributed by atoms with van der Waals surface area (Å²) in [6, 6.07) is 16.5. The third kappa shape index (κ3) is 3.31. The second kappa shape index (κ2) is 6.27. The molecule has 2 aromatic rings. The van der Waals surface area contributed by atoms with Crippen LogP contribution in [0.15, 0.2) is 60.7 Å². The van der Waals surface area contributed by atoms with Crippen LogP contribution < -0.4 is 0 Å². The molecule has 0 fully saturated rings. The van der Waals surface area contributed by atoms with Crippen molar-refractivity contribution in [1.82, 2.24) is 0 Å². The fourth-order valence-corrected chi connectivity index (χ4v) is 2.65. The van der Waals surface area contributed by atoms with Crippen LogP contribution in [-0.2, 0) is 0 Å². The first-order valence-electron chi connectivity index (χ1n) is 6.01. The second-order valence-electron chi connectivity index (χ2n) is 4.22. The standard InChI is InChI=1S/C16H12BrF3/c17-11-14(12-7-3-1-4-8-12)15(16(18,19)20)13-9-5-2-6-10-13/h1-10H,11H2/b15-14-. The summed E-state index contributed by atoms with van der Waals surface area (Å²) >= 11 is 3.19. The van der Waals surface area contributed by atoms with Gasteiger partial charge in [-0.15, -0.1) is 0 Å². The van der Waals surface area contributed by atoms with Gasteiger partial charge in [0.2, 0.25) is 0 Å². The lowest BCUT2D eigenvalue weighted by Crippen LogP contribution is -2.13. The Labute approximate surface area is 124 Å². The number of halogens is 4. The predicted octanol–water partition coefficient (Wildman–Crippen LogP) is 5.55. The Kier molecular flexibility index (Phi) is 4.65. The molecule has 4 heteroatoms. The monoisotopic (exact) mass is 340 g/mol. The Morgan fingerprint density at radius 3 is 1.65 bits per heavy atom. The SMILES string of the molecule is FC(F)(F)/C(=C(/CBr)c1ccccc1)c1ccccc1. The first-order valence-corrected chi connectivity index (χ1v) is 7.13. The molecule has 104 valence electrons. The Hall–Kier alpha value is -1.55. The predicted molar refractivity (Wildman–Crippen MR) is 79.5 cm³/mol. The quantitative estimate of drug-likeness (QED) is 0.507. The Morgan fingerprint density at radius 2 is 1.25 bits per heavy atom. The van der Waals surface area contributed by atoms with Gasteiger partial charge in [0.25, 0.3) is 0 Å². The molecule has 0 saturated carbocycles. The summed E-state index contributed by atoms with van der Waals surface area (Å²) in [7, 11) is 0. The molecule has 20 heavy (non-hydrogen) atoms. The molecule has 0 saturated heterocycles. The van der Waals surface area contributed by atoms with E-state index in [4.69, 9.17) is 0 Å². The molecule has 0 bridgehead atoms. The minimum absolute atomic E-state index is 0.140. The van der Waals surface area contributed by atoms with E-state index in [2.05, 4.69) is 15.9 Å². The van der Waals surface area contributed by atoms with Crippen LogP contribution in [0.1, 0.15) is 11.1 Å². The fraction of sp³-hybridized carbons (Fsp3) is 0.125. The number of hydrogen-bond donors (Lipinski definition) is 0. The van der Waals surface area contributed by atoms with E-state index in [1.807, 2.05) is 0 Å². The van der Waals surface area contributed by atoms with Gasteiger partial charge in [0.15, 0.2) is 0 Å². The van der Waals surface area contributed by atoms with E-state index in [1.54, 1.807) is 48.5 Å². The van der Waals surface area contributed by atoms with E-state index in [1.165, 1.54) is 12.1 Å². The summed E-state index contributed by atoms with van der Waals surface area (Å²) in [5.41, 5.74) is 0.393. The largest absolute Gasteiger partial charge is 0.417 e. The van der Waals surface area contributed by atoms with Crippen LogP contribution in [0.2, 0.25) is 0 Å². The van der Waals surface area contributed by atoms with Crippen molar-refractivity contribution >= 4 is 27.1 Å². The van der Waals surface area contributed by atoms with Crippen LogP contribution in [0.25, 0.3) is 11.1 Å². The van der Waals surface area contributed by atoms with Crippen molar-refractivity contribution in [1.29, 1.82) is 0 Å². The number of hydrogen-bond acceptors (Lipinski definition) is 0. The molecule has 0 aromatic heterocycles. The van der Waals surface area contributed by atoms with Gasteiger partial charge in [0.1, 0.15) is 0 Å². The Balaban J connectivity index is 2.69. The lowest BCUT2D eigenvalue weighted by Gasteiger charge is -2.17. The number of allylic oxidation sites excluding steroid dienone is 2. The van der Waals surface area contributed by atoms with Crippen molar-refractivity contribution in [2.75, 3.05) is 5.33 Å². The van der Waals surface area contributed by atoms with Crippen molar-refractivity contribution in [3.63, 3.8) is 0 Å². The lowest BCUT2D eigenvalue weighted by atomic mass is 9.95. The molecular weight excluding hydrogens is 329 g/mol. The van der Waals surface area contributed by atoms with E-state index in [-0.39, 0.29) is 16.5 Å². The second-order valence-corrected chi connectivity index (χ2v) is 4.78. The minimum Gasteiger partial charge on any atom is -0.166 e. The molecule has 0 atom stereocenters. The van der Waals surface area contributed by atoms with Gasteiger partial charge >= 0.3 is 6.18 Å². The molecule has 0 heterocycles. The normalized spacial score (nSPS) is 13.0. The van der Waals surface area contributed by atoms with Gasteiger partial charge in [-0.2, -0.15) is 13.2 Å². The lowest BCUT2D eigenvalue weighted by molar-refractivity contribution is -0.0685. The van der Waals surface area contributed by atoms with Crippen molar-refractivity contribution < 1.29 is 13.2 Å². The molecule has 0 nitrogen and oxygen atoms in total. The minimum atomic E-state index is -4.40. The maximum atomic E-state index is 13.4. The zero-order valence-corrected chi connectivity index (χ0v) is 12.1. The summed E-state index contributed by atoms with van der Waals surface area (Å²) in [6.45, 7) is 0. The van der Waals surface area contributed by atoms with Crippen LogP contribution in [0.5, 0.6) is 0 Å². The molecule has 0 aliphatic carbocycles. The summed E-state index contributed by atoms with van der Waals surface area (Å²) in [5.74, 6) is 0. The van der Waals surface area contributed by atoms with E-state index in [9.17, 15) is 13.2 Å². The smallest absolute Gasteiger partial charge is 0.166 e. The van der Waals surface area contributed by atoms with Crippen molar-refractivity contribution in [3.8, 4) is 0 Å². The topological polar surface area (TPSA) is 0 Å². The molecule has 2 rings (SSSR count). The van der Waals surface area contributed by atoms with Gasteiger partial charge in [0, 0.05) is 5.33 Å². The number of benzene rings is 2. The average molecular weight is 341 g/mol. The Bertz CT molecular complexity index is 586. The van der Waals surface area contributed by atoms with Crippen LogP contribution in [0.3, 0.4) is 0 Å². The zero-order chi connectivity index (χ0) is 14.6. The maximum Gasteiger partial charge on any atom is 0.417 e. The number of rotatable bonds is 3. The highest BCUT2D eigenvalue weighted by molar-refractivity contribution is 9.09. The van der Waals surface area contributed by atoms with E-state index in [0.29, 0.717) is 5.56 Å². The molecule has 0 aliphatic heterocycles. The van der Waals surface area contributed by atoms with E-state index in [0.717, 1.165) is 0 Å². The first kappa shape index (κ1) is 14.9. The fourth-order valence-electron chi connectivity index (χ4n) is 2.04. The summed E-state index contributed by atoms with van der Waals surface area (Å²) in [6.07, 6.45) is -4.40. The summed E-state index contributed by atoms with van der Waals surface area (Å²) in [5, 5.41) is 0.140. The van der Waals surface area contributed by atoms with Crippen molar-refractivity contribution in [2.45, 2.75) is 6.18 Å². The summed E-state index contributed by atoms with van der Waals surface area (Å²) in [4.78, 5) is 0. The highest BCUT2D eigenvalue weighted by Crippen LogP contribution is 2.40. The van der Waals surface area contributed by atoms with E-state index < -0.39 is 11.7 Å². The van der Waals surface area contributed by atoms with Crippen LogP contribution >= 0.6 is 15.9 Å². The number of alkyl halides is 4. The van der Waals surface area contributed by atoms with Crippen molar-refractivity contribution in [2.24, 2.45) is 0 Å². The molecule has 0 unspecified atom stereocenters. The molecule has 0 aliphatic rings. The van der Waals surface area contributed by atoms with Crippen LogP contribution in [0, 0.1) is 0 Å². The maximum absolute atomic E-state index is 13.4. The van der Waals surface area contributed by atoms with Gasteiger partial charge in [-0.1, -0.05) is 76.6 Å². The Morgan fingerprint density at radius 1 is 0.800 bits per heavy atom. The average Bonchev–Trinajstić information content (AvgIpc) is 2.45. The van der Waals surface area contributed by atoms with Gasteiger partial charge in [0.05, 0.1) is 5.57 Å². The molecule has 0 amide bonds. The molecule has 0 radical (unpaired) electrons. The van der Waals surface area contributed by atoms with Crippen molar-refractivity contribution in [3.05, 3.63) is 71.8 Å². The molecule has 2 aromatic carbocycles. The third-order valence-corrected chi connectivity index (χ3v) is 3.46. The van der Waals surface area contributed by atoms with Gasteiger partial charge in [-0.25, -0.2) is 0 Å². The van der Waals surface area contributed by atoms with E-state index >= 15 is 0 Å². The van der Waals surface area contributed by atoms with Gasteiger partial charge in [-0.3, -0.25) is 0 Å². The summed E-state index contributed by atoms with van der Waals surface area (Å²) < 4.78 is 40.3. The van der Waals surface area contributed by atoms with Crippen LogP contribution in [-0.4, -0.2) is 11.5 Å². The molecular formula is C16H12BrF3. The molecule has 0 spiro atoms. The van der Waals surface area contributed by atoms with Crippen LogP contribution in [0.4, 0.5) is 13.2 Å². The van der Waals surface area contributed by atoms with Gasteiger partial charge < -0.3 is 0 Å². The molecule has 0 N–H and O–H groups in total. The zero-order valence-electron chi connectivity index (χ0n) is 10.5. The first-order chi connectivity index (χ1) is 9.54.